The fraction of sp³-hybridized carbons (Fsp3) is 0.611. The van der Waals surface area contributed by atoms with Crippen LogP contribution in [0.3, 0.4) is 0 Å². The largest absolute Gasteiger partial charge is 0.494 e. The third-order valence-corrected chi connectivity index (χ3v) is 4.37. The highest BCUT2D eigenvalue weighted by Gasteiger charge is 2.30. The number of morpholine rings is 1. The van der Waals surface area contributed by atoms with Gasteiger partial charge in [0.25, 0.3) is 0 Å². The molecule has 2 amide bonds. The average molecular weight is 336 g/mol. The minimum absolute atomic E-state index is 0.0378. The summed E-state index contributed by atoms with van der Waals surface area (Å²) in [5.74, 6) is 0.819. The lowest BCUT2D eigenvalue weighted by Crippen LogP contribution is -2.55. The van der Waals surface area contributed by atoms with Gasteiger partial charge in [0.1, 0.15) is 5.75 Å². The van der Waals surface area contributed by atoms with E-state index in [2.05, 4.69) is 5.32 Å². The second kappa shape index (κ2) is 8.89. The van der Waals surface area contributed by atoms with Gasteiger partial charge in [0.2, 0.25) is 0 Å². The molecule has 0 spiro atoms. The first-order valence-corrected chi connectivity index (χ1v) is 8.47. The van der Waals surface area contributed by atoms with E-state index < -0.39 is 0 Å². The molecule has 1 aromatic rings. The van der Waals surface area contributed by atoms with Gasteiger partial charge in [-0.1, -0.05) is 12.1 Å². The second-order valence-corrected chi connectivity index (χ2v) is 5.97. The van der Waals surface area contributed by atoms with Crippen molar-refractivity contribution in [1.29, 1.82) is 0 Å². The smallest absolute Gasteiger partial charge is 0.318 e. The monoisotopic (exact) mass is 336 g/mol. The van der Waals surface area contributed by atoms with Gasteiger partial charge < -0.3 is 24.4 Å². The molecule has 1 N–H and O–H groups in total. The van der Waals surface area contributed by atoms with Crippen molar-refractivity contribution in [3.8, 4) is 5.75 Å². The first kappa shape index (κ1) is 18.5. The number of urea groups is 1. The van der Waals surface area contributed by atoms with E-state index in [-0.39, 0.29) is 24.2 Å². The number of methoxy groups -OCH3 is 1. The summed E-state index contributed by atoms with van der Waals surface area (Å²) in [6, 6.07) is 7.49. The molecule has 0 aromatic heterocycles. The van der Waals surface area contributed by atoms with Crippen LogP contribution in [-0.4, -0.2) is 56.6 Å². The van der Waals surface area contributed by atoms with Crippen molar-refractivity contribution in [1.82, 2.24) is 10.2 Å². The Morgan fingerprint density at radius 1 is 1.38 bits per heavy atom. The van der Waals surface area contributed by atoms with Gasteiger partial charge in [-0.15, -0.1) is 0 Å². The number of hydrogen-bond donors (Lipinski definition) is 1. The molecule has 1 aromatic carbocycles. The average Bonchev–Trinajstić information content (AvgIpc) is 2.58. The standard InChI is InChI=1S/C18H28N2O4/c1-5-23-16-8-6-15(7-9-16)17(12-22-4)19-18(21)20-10-11-24-14(3)13(20)2/h6-9,13-14,17H,5,10-12H2,1-4H3,(H,19,21)/t13-,14+,17-/m0/s1. The number of carbonyl (C=O) groups is 1. The number of nitrogens with zero attached hydrogens (tertiary/aromatic N) is 1. The fourth-order valence-electron chi connectivity index (χ4n) is 2.80. The van der Waals surface area contributed by atoms with E-state index in [1.807, 2.05) is 49.9 Å². The van der Waals surface area contributed by atoms with E-state index in [0.717, 1.165) is 11.3 Å². The Kier molecular flexibility index (Phi) is 6.87. The SMILES string of the molecule is CCOc1ccc([C@H](COC)NC(=O)N2CCO[C@H](C)[C@@H]2C)cc1. The molecule has 134 valence electrons. The first-order chi connectivity index (χ1) is 11.6. The highest BCUT2D eigenvalue weighted by atomic mass is 16.5. The molecular weight excluding hydrogens is 308 g/mol. The molecule has 0 saturated carbocycles. The quantitative estimate of drug-likeness (QED) is 0.867. The molecule has 2 rings (SSSR count). The molecule has 0 bridgehead atoms. The van der Waals surface area contributed by atoms with Crippen LogP contribution in [0, 0.1) is 0 Å². The minimum Gasteiger partial charge on any atom is -0.494 e. The van der Waals surface area contributed by atoms with Gasteiger partial charge in [-0.3, -0.25) is 0 Å². The van der Waals surface area contributed by atoms with Crippen molar-refractivity contribution in [2.75, 3.05) is 33.5 Å². The number of ether oxygens (including phenoxy) is 3. The van der Waals surface area contributed by atoms with E-state index in [1.54, 1.807) is 7.11 Å². The lowest BCUT2D eigenvalue weighted by Gasteiger charge is -2.38. The summed E-state index contributed by atoms with van der Waals surface area (Å²) < 4.78 is 16.3. The molecule has 1 aliphatic rings. The van der Waals surface area contributed by atoms with Crippen LogP contribution in [0.1, 0.15) is 32.4 Å². The van der Waals surface area contributed by atoms with Crippen molar-refractivity contribution in [2.45, 2.75) is 39.0 Å². The maximum atomic E-state index is 12.7. The molecule has 0 aliphatic carbocycles. The normalized spacial score (nSPS) is 22.1. The summed E-state index contributed by atoms with van der Waals surface area (Å²) >= 11 is 0. The predicted octanol–water partition coefficient (Wildman–Crippen LogP) is 2.59. The molecule has 6 heteroatoms. The van der Waals surface area contributed by atoms with Crippen LogP contribution < -0.4 is 10.1 Å². The summed E-state index contributed by atoms with van der Waals surface area (Å²) in [4.78, 5) is 14.5. The molecule has 3 atom stereocenters. The fourth-order valence-corrected chi connectivity index (χ4v) is 2.80. The zero-order valence-electron chi connectivity index (χ0n) is 15.0. The van der Waals surface area contributed by atoms with E-state index >= 15 is 0 Å². The third-order valence-electron chi connectivity index (χ3n) is 4.37. The molecule has 1 fully saturated rings. The van der Waals surface area contributed by atoms with E-state index in [9.17, 15) is 4.79 Å². The number of nitrogens with one attached hydrogen (secondary N) is 1. The Morgan fingerprint density at radius 3 is 2.71 bits per heavy atom. The first-order valence-electron chi connectivity index (χ1n) is 8.47. The highest BCUT2D eigenvalue weighted by Crippen LogP contribution is 2.20. The number of carbonyl (C=O) groups excluding carboxylic acids is 1. The summed E-state index contributed by atoms with van der Waals surface area (Å²) in [6.45, 7) is 8.15. The van der Waals surface area contributed by atoms with Gasteiger partial charge in [-0.2, -0.15) is 0 Å². The van der Waals surface area contributed by atoms with Crippen molar-refractivity contribution < 1.29 is 19.0 Å². The van der Waals surface area contributed by atoms with Crippen molar-refractivity contribution in [2.24, 2.45) is 0 Å². The second-order valence-electron chi connectivity index (χ2n) is 5.97. The van der Waals surface area contributed by atoms with Crippen LogP contribution in [0.25, 0.3) is 0 Å². The number of amides is 2. The summed E-state index contributed by atoms with van der Waals surface area (Å²) in [5, 5.41) is 3.07. The van der Waals surface area contributed by atoms with Crippen LogP contribution in [0.4, 0.5) is 4.79 Å². The lowest BCUT2D eigenvalue weighted by molar-refractivity contribution is -0.0383. The zero-order chi connectivity index (χ0) is 17.5. The van der Waals surface area contributed by atoms with Crippen LogP contribution >= 0.6 is 0 Å². The Balaban J connectivity index is 2.05. The van der Waals surface area contributed by atoms with Crippen LogP contribution in [0.15, 0.2) is 24.3 Å². The minimum atomic E-state index is -0.205. The molecule has 1 saturated heterocycles. The van der Waals surface area contributed by atoms with Crippen LogP contribution in [-0.2, 0) is 9.47 Å². The van der Waals surface area contributed by atoms with Gasteiger partial charge in [0.15, 0.2) is 0 Å². The maximum absolute atomic E-state index is 12.7. The summed E-state index contributed by atoms with van der Waals surface area (Å²) in [5.41, 5.74) is 0.989. The third kappa shape index (κ3) is 4.61. The topological polar surface area (TPSA) is 60.0 Å². The van der Waals surface area contributed by atoms with E-state index in [4.69, 9.17) is 14.2 Å². The number of hydrogen-bond acceptors (Lipinski definition) is 4. The molecule has 6 nitrogen and oxygen atoms in total. The van der Waals surface area contributed by atoms with Crippen molar-refractivity contribution in [3.05, 3.63) is 29.8 Å². The summed E-state index contributed by atoms with van der Waals surface area (Å²) in [7, 11) is 1.63. The van der Waals surface area contributed by atoms with Gasteiger partial charge in [0, 0.05) is 13.7 Å². The molecule has 24 heavy (non-hydrogen) atoms. The molecule has 1 aliphatic heterocycles. The Morgan fingerprint density at radius 2 is 2.08 bits per heavy atom. The zero-order valence-corrected chi connectivity index (χ0v) is 15.0. The van der Waals surface area contributed by atoms with Crippen LogP contribution in [0.5, 0.6) is 5.75 Å². The van der Waals surface area contributed by atoms with E-state index in [0.29, 0.717) is 26.4 Å². The van der Waals surface area contributed by atoms with Gasteiger partial charge in [-0.25, -0.2) is 4.79 Å². The molecular formula is C18H28N2O4. The Bertz CT molecular complexity index is 520. The Hall–Kier alpha value is -1.79. The maximum Gasteiger partial charge on any atom is 0.318 e. The number of benzene rings is 1. The highest BCUT2D eigenvalue weighted by molar-refractivity contribution is 5.75. The number of rotatable bonds is 6. The predicted molar refractivity (Wildman–Crippen MR) is 92.3 cm³/mol. The van der Waals surface area contributed by atoms with Gasteiger partial charge >= 0.3 is 6.03 Å². The van der Waals surface area contributed by atoms with Gasteiger partial charge in [-0.05, 0) is 38.5 Å². The van der Waals surface area contributed by atoms with Gasteiger partial charge in [0.05, 0.1) is 38.0 Å². The molecule has 0 radical (unpaired) electrons. The Labute approximate surface area is 144 Å². The van der Waals surface area contributed by atoms with Crippen molar-refractivity contribution in [3.63, 3.8) is 0 Å². The van der Waals surface area contributed by atoms with Crippen molar-refractivity contribution >= 4 is 6.03 Å². The van der Waals surface area contributed by atoms with E-state index in [1.165, 1.54) is 0 Å². The van der Waals surface area contributed by atoms with Crippen LogP contribution in [0.2, 0.25) is 0 Å². The summed E-state index contributed by atoms with van der Waals surface area (Å²) in [6.07, 6.45) is 0.0378. The molecule has 1 heterocycles. The molecule has 0 unspecified atom stereocenters. The lowest BCUT2D eigenvalue weighted by atomic mass is 10.1.